The highest BCUT2D eigenvalue weighted by Gasteiger charge is 2.34. The van der Waals surface area contributed by atoms with Crippen LogP contribution < -0.4 is 5.73 Å². The molecule has 0 saturated carbocycles. The number of benzene rings is 1. The molecule has 2 N–H and O–H groups in total. The Kier molecular flexibility index (Phi) is 5.72. The molecule has 1 saturated heterocycles. The van der Waals surface area contributed by atoms with E-state index in [1.807, 2.05) is 0 Å². The smallest absolute Gasteiger partial charge is 0.223 e. The van der Waals surface area contributed by atoms with E-state index in [0.29, 0.717) is 31.6 Å². The van der Waals surface area contributed by atoms with Gasteiger partial charge in [0.15, 0.2) is 0 Å². The van der Waals surface area contributed by atoms with E-state index in [-0.39, 0.29) is 17.8 Å². The molecule has 1 aromatic rings. The van der Waals surface area contributed by atoms with E-state index in [9.17, 15) is 9.18 Å². The molecule has 0 aliphatic carbocycles. The third-order valence-corrected chi connectivity index (χ3v) is 4.30. The number of likely N-dealkylation sites (tertiary alicyclic amines) is 1. The van der Waals surface area contributed by atoms with Crippen LogP contribution >= 0.6 is 15.9 Å². The van der Waals surface area contributed by atoms with Gasteiger partial charge in [-0.3, -0.25) is 4.79 Å². The zero-order chi connectivity index (χ0) is 15.4. The molecule has 2 rings (SSSR count). The maximum atomic E-state index is 14.2. The molecule has 1 aliphatic rings. The Morgan fingerprint density at radius 2 is 2.29 bits per heavy atom. The van der Waals surface area contributed by atoms with Crippen molar-refractivity contribution in [2.24, 2.45) is 5.73 Å². The summed E-state index contributed by atoms with van der Waals surface area (Å²) in [6.07, 6.45) is 1.88. The van der Waals surface area contributed by atoms with Gasteiger partial charge in [0, 0.05) is 36.2 Å². The number of nitrogens with two attached hydrogens (primary N) is 1. The van der Waals surface area contributed by atoms with Crippen molar-refractivity contribution in [3.63, 3.8) is 0 Å². The molecule has 1 fully saturated rings. The quantitative estimate of drug-likeness (QED) is 0.899. The number of rotatable bonds is 4. The molecule has 1 aromatic carbocycles. The van der Waals surface area contributed by atoms with Crippen LogP contribution in [-0.4, -0.2) is 37.1 Å². The average Bonchev–Trinajstić information content (AvgIpc) is 2.58. The van der Waals surface area contributed by atoms with Crippen molar-refractivity contribution < 1.29 is 13.9 Å². The Bertz CT molecular complexity index is 512. The second-order valence-corrected chi connectivity index (χ2v) is 6.16. The van der Waals surface area contributed by atoms with Crippen LogP contribution in [0.1, 0.15) is 30.9 Å². The lowest BCUT2D eigenvalue weighted by atomic mass is 9.96. The van der Waals surface area contributed by atoms with Crippen molar-refractivity contribution in [3.8, 4) is 0 Å². The zero-order valence-electron chi connectivity index (χ0n) is 12.0. The van der Waals surface area contributed by atoms with Crippen LogP contribution in [0.15, 0.2) is 22.7 Å². The van der Waals surface area contributed by atoms with Gasteiger partial charge in [0.1, 0.15) is 5.82 Å². The largest absolute Gasteiger partial charge is 0.383 e. The fourth-order valence-corrected chi connectivity index (χ4v) is 3.15. The minimum Gasteiger partial charge on any atom is -0.383 e. The van der Waals surface area contributed by atoms with Crippen molar-refractivity contribution in [3.05, 3.63) is 34.1 Å². The highest BCUT2D eigenvalue weighted by atomic mass is 79.9. The molecule has 1 amide bonds. The fraction of sp³-hybridized carbons (Fsp3) is 0.533. The van der Waals surface area contributed by atoms with Gasteiger partial charge < -0.3 is 15.4 Å². The summed E-state index contributed by atoms with van der Waals surface area (Å²) in [5.74, 6) is -0.333. The molecule has 1 aliphatic heterocycles. The summed E-state index contributed by atoms with van der Waals surface area (Å²) in [7, 11) is 1.58. The number of methoxy groups -OCH3 is 1. The van der Waals surface area contributed by atoms with Crippen molar-refractivity contribution >= 4 is 21.8 Å². The predicted octanol–water partition coefficient (Wildman–Crippen LogP) is 2.62. The number of ether oxygens (including phenoxy) is 1. The van der Waals surface area contributed by atoms with Crippen molar-refractivity contribution in [1.82, 2.24) is 4.90 Å². The Labute approximate surface area is 132 Å². The van der Waals surface area contributed by atoms with Gasteiger partial charge in [-0.15, -0.1) is 0 Å². The Morgan fingerprint density at radius 1 is 1.52 bits per heavy atom. The molecule has 2 unspecified atom stereocenters. The van der Waals surface area contributed by atoms with Gasteiger partial charge in [-0.2, -0.15) is 0 Å². The maximum Gasteiger partial charge on any atom is 0.223 e. The van der Waals surface area contributed by atoms with Gasteiger partial charge in [-0.05, 0) is 31.0 Å². The number of nitrogens with zero attached hydrogens (tertiary/aromatic N) is 1. The van der Waals surface area contributed by atoms with Gasteiger partial charge in [0.05, 0.1) is 12.6 Å². The summed E-state index contributed by atoms with van der Waals surface area (Å²) in [5.41, 5.74) is 6.70. The van der Waals surface area contributed by atoms with Gasteiger partial charge in [0.2, 0.25) is 5.91 Å². The van der Waals surface area contributed by atoms with E-state index in [2.05, 4.69) is 15.9 Å². The second-order valence-electron chi connectivity index (χ2n) is 5.25. The second kappa shape index (κ2) is 7.33. The first-order valence-electron chi connectivity index (χ1n) is 7.03. The van der Waals surface area contributed by atoms with Crippen LogP contribution in [0, 0.1) is 5.82 Å². The number of hydrogen-bond donors (Lipinski definition) is 1. The van der Waals surface area contributed by atoms with E-state index in [1.165, 1.54) is 6.07 Å². The Hall–Kier alpha value is -0.980. The van der Waals surface area contributed by atoms with Gasteiger partial charge >= 0.3 is 0 Å². The summed E-state index contributed by atoms with van der Waals surface area (Å²) >= 11 is 3.35. The van der Waals surface area contributed by atoms with Crippen molar-refractivity contribution in [1.29, 1.82) is 0 Å². The molecular formula is C15H20BrFN2O2. The lowest BCUT2D eigenvalue weighted by Gasteiger charge is -2.34. The third-order valence-electron chi connectivity index (χ3n) is 3.80. The summed E-state index contributed by atoms with van der Waals surface area (Å²) in [6, 6.07) is 4.01. The van der Waals surface area contributed by atoms with Crippen molar-refractivity contribution in [2.75, 3.05) is 20.3 Å². The first-order valence-corrected chi connectivity index (χ1v) is 7.83. The maximum absolute atomic E-state index is 14.2. The van der Waals surface area contributed by atoms with Crippen LogP contribution in [0.5, 0.6) is 0 Å². The van der Waals surface area contributed by atoms with E-state index in [4.69, 9.17) is 10.5 Å². The van der Waals surface area contributed by atoms with E-state index < -0.39 is 6.04 Å². The molecule has 0 aromatic heterocycles. The van der Waals surface area contributed by atoms with Crippen LogP contribution in [0.4, 0.5) is 4.39 Å². The summed E-state index contributed by atoms with van der Waals surface area (Å²) in [4.78, 5) is 14.0. The molecule has 4 nitrogen and oxygen atoms in total. The molecule has 116 valence electrons. The van der Waals surface area contributed by atoms with E-state index in [0.717, 1.165) is 10.9 Å². The van der Waals surface area contributed by atoms with Crippen molar-refractivity contribution in [2.45, 2.75) is 31.3 Å². The summed E-state index contributed by atoms with van der Waals surface area (Å²) < 4.78 is 20.1. The van der Waals surface area contributed by atoms with E-state index in [1.54, 1.807) is 24.1 Å². The van der Waals surface area contributed by atoms with Gasteiger partial charge in [-0.1, -0.05) is 15.9 Å². The first kappa shape index (κ1) is 16.4. The minimum atomic E-state index is -0.451. The molecule has 0 bridgehead atoms. The Morgan fingerprint density at radius 3 is 3.00 bits per heavy atom. The fourth-order valence-electron chi connectivity index (χ4n) is 2.77. The molecule has 1 heterocycles. The van der Waals surface area contributed by atoms with E-state index >= 15 is 0 Å². The number of carbonyl (C=O) groups excluding carboxylic acids is 1. The standard InChI is InChI=1S/C15H20BrFN2O2/c1-21-8-7-19-14(20)4-2-3-13(18)15(19)11-9-10(16)5-6-12(11)17/h5-6,9,13,15H,2-4,7-8,18H2,1H3. The molecule has 0 radical (unpaired) electrons. The molecule has 0 spiro atoms. The number of hydrogen-bond acceptors (Lipinski definition) is 3. The van der Waals surface area contributed by atoms with Crippen LogP contribution in [0.25, 0.3) is 0 Å². The summed E-state index contributed by atoms with van der Waals surface area (Å²) in [6.45, 7) is 0.824. The average molecular weight is 359 g/mol. The Balaban J connectivity index is 2.41. The third kappa shape index (κ3) is 3.81. The zero-order valence-corrected chi connectivity index (χ0v) is 13.6. The lowest BCUT2D eigenvalue weighted by Crippen LogP contribution is -2.44. The van der Waals surface area contributed by atoms with Crippen LogP contribution in [0.3, 0.4) is 0 Å². The SMILES string of the molecule is COCCN1C(=O)CCCC(N)C1c1cc(Br)ccc1F. The van der Waals surface area contributed by atoms with Crippen LogP contribution in [-0.2, 0) is 9.53 Å². The monoisotopic (exact) mass is 358 g/mol. The van der Waals surface area contributed by atoms with Gasteiger partial charge in [0.25, 0.3) is 0 Å². The molecular weight excluding hydrogens is 339 g/mol. The number of amides is 1. The topological polar surface area (TPSA) is 55.6 Å². The summed E-state index contributed by atoms with van der Waals surface area (Å²) in [5, 5.41) is 0. The molecule has 2 atom stereocenters. The molecule has 21 heavy (non-hydrogen) atoms. The first-order chi connectivity index (χ1) is 10.0. The minimum absolute atomic E-state index is 0.00405. The molecule has 6 heteroatoms. The normalized spacial score (nSPS) is 23.2. The van der Waals surface area contributed by atoms with Crippen LogP contribution in [0.2, 0.25) is 0 Å². The lowest BCUT2D eigenvalue weighted by molar-refractivity contribution is -0.134. The van der Waals surface area contributed by atoms with Gasteiger partial charge in [-0.25, -0.2) is 4.39 Å². The number of carbonyl (C=O) groups is 1. The number of halogens is 2. The highest BCUT2D eigenvalue weighted by Crippen LogP contribution is 2.33. The predicted molar refractivity (Wildman–Crippen MR) is 82.3 cm³/mol. The highest BCUT2D eigenvalue weighted by molar-refractivity contribution is 9.10.